The maximum absolute atomic E-state index is 13.9. The normalized spacial score (nSPS) is 18.0. The minimum atomic E-state index is -0.257. The van der Waals surface area contributed by atoms with Crippen molar-refractivity contribution in [2.75, 3.05) is 12.3 Å². The van der Waals surface area contributed by atoms with Crippen molar-refractivity contribution >= 4 is 29.1 Å². The molecule has 6 heteroatoms. The molecule has 21 heavy (non-hydrogen) atoms. The van der Waals surface area contributed by atoms with E-state index in [0.29, 0.717) is 18.7 Å². The number of benzene rings is 1. The summed E-state index contributed by atoms with van der Waals surface area (Å²) in [6, 6.07) is 10.5. The molecular weight excluding hydrogens is 307 g/mol. The number of thioether (sulfide) groups is 1. The van der Waals surface area contributed by atoms with Crippen molar-refractivity contribution in [3.05, 3.63) is 58.0 Å². The number of thiophene rings is 1. The fraction of sp³-hybridized carbons (Fsp3) is 0.267. The van der Waals surface area contributed by atoms with Crippen LogP contribution in [0.25, 0.3) is 0 Å². The van der Waals surface area contributed by atoms with Crippen molar-refractivity contribution in [2.45, 2.75) is 11.9 Å². The highest BCUT2D eigenvalue weighted by atomic mass is 32.2. The summed E-state index contributed by atoms with van der Waals surface area (Å²) in [6.45, 7) is 1.15. The quantitative estimate of drug-likeness (QED) is 0.931. The Morgan fingerprint density at radius 1 is 1.33 bits per heavy atom. The summed E-state index contributed by atoms with van der Waals surface area (Å²) < 4.78 is 13.9. The fourth-order valence-electron chi connectivity index (χ4n) is 2.29. The molecule has 2 heterocycles. The van der Waals surface area contributed by atoms with Crippen molar-refractivity contribution in [3.63, 3.8) is 0 Å². The van der Waals surface area contributed by atoms with Crippen molar-refractivity contribution < 1.29 is 9.18 Å². The molecule has 2 amide bonds. The molecule has 3 nitrogen and oxygen atoms in total. The van der Waals surface area contributed by atoms with Gasteiger partial charge in [0, 0.05) is 22.7 Å². The zero-order chi connectivity index (χ0) is 14.7. The van der Waals surface area contributed by atoms with Gasteiger partial charge in [0.25, 0.3) is 0 Å². The van der Waals surface area contributed by atoms with E-state index in [1.807, 2.05) is 17.5 Å². The second-order valence-electron chi connectivity index (χ2n) is 4.68. The van der Waals surface area contributed by atoms with E-state index >= 15 is 0 Å². The fourth-order valence-corrected chi connectivity index (χ4v) is 4.21. The molecule has 1 aromatic heterocycles. The third-order valence-corrected chi connectivity index (χ3v) is 5.44. The van der Waals surface area contributed by atoms with E-state index in [-0.39, 0.29) is 17.2 Å². The van der Waals surface area contributed by atoms with Crippen LogP contribution in [0.4, 0.5) is 9.18 Å². The number of nitrogens with zero attached hydrogens (tertiary/aromatic N) is 1. The molecule has 3 rings (SSSR count). The minimum absolute atomic E-state index is 0.137. The van der Waals surface area contributed by atoms with Crippen LogP contribution in [0.3, 0.4) is 0 Å². The third-order valence-electron chi connectivity index (χ3n) is 3.32. The molecular formula is C15H15FN2OS2. The molecule has 0 bridgehead atoms. The Morgan fingerprint density at radius 2 is 2.19 bits per heavy atom. The molecule has 110 valence electrons. The highest BCUT2D eigenvalue weighted by Crippen LogP contribution is 2.38. The molecule has 0 unspecified atom stereocenters. The first kappa shape index (κ1) is 14.4. The van der Waals surface area contributed by atoms with Crippen molar-refractivity contribution in [2.24, 2.45) is 0 Å². The van der Waals surface area contributed by atoms with E-state index in [1.165, 1.54) is 6.07 Å². The van der Waals surface area contributed by atoms with Crippen LogP contribution in [0.15, 0.2) is 41.8 Å². The van der Waals surface area contributed by atoms with Crippen LogP contribution in [0.2, 0.25) is 0 Å². The number of urea groups is 1. The van der Waals surface area contributed by atoms with Gasteiger partial charge in [-0.3, -0.25) is 0 Å². The monoisotopic (exact) mass is 322 g/mol. The second kappa shape index (κ2) is 6.49. The Morgan fingerprint density at radius 3 is 2.95 bits per heavy atom. The van der Waals surface area contributed by atoms with Gasteiger partial charge >= 0.3 is 6.03 Å². The Labute approximate surface area is 131 Å². The first-order valence-corrected chi connectivity index (χ1v) is 8.61. The van der Waals surface area contributed by atoms with Crippen LogP contribution in [-0.2, 0) is 6.54 Å². The van der Waals surface area contributed by atoms with E-state index in [1.54, 1.807) is 46.2 Å². The maximum Gasteiger partial charge on any atom is 0.318 e. The van der Waals surface area contributed by atoms with Crippen LogP contribution in [0.1, 0.15) is 15.8 Å². The van der Waals surface area contributed by atoms with Crippen molar-refractivity contribution in [1.29, 1.82) is 0 Å². The lowest BCUT2D eigenvalue weighted by Gasteiger charge is -2.24. The van der Waals surface area contributed by atoms with Gasteiger partial charge < -0.3 is 10.2 Å². The predicted octanol–water partition coefficient (Wildman–Crippen LogP) is 3.84. The van der Waals surface area contributed by atoms with Gasteiger partial charge in [0.05, 0.1) is 6.54 Å². The molecule has 0 saturated carbocycles. The van der Waals surface area contributed by atoms with Gasteiger partial charge in [0.2, 0.25) is 0 Å². The van der Waals surface area contributed by atoms with E-state index in [4.69, 9.17) is 0 Å². The first-order valence-electron chi connectivity index (χ1n) is 6.68. The van der Waals surface area contributed by atoms with E-state index in [2.05, 4.69) is 5.32 Å². The van der Waals surface area contributed by atoms with Crippen molar-refractivity contribution in [3.8, 4) is 0 Å². The SMILES string of the molecule is O=C(NCc1cccs1)N1CCS[C@H]1c1ccccc1F. The summed E-state index contributed by atoms with van der Waals surface area (Å²) in [6.07, 6.45) is 0. The molecule has 0 radical (unpaired) electrons. The van der Waals surface area contributed by atoms with E-state index in [0.717, 1.165) is 10.6 Å². The number of carbonyl (C=O) groups is 1. The van der Waals surface area contributed by atoms with Gasteiger partial charge in [-0.2, -0.15) is 0 Å². The van der Waals surface area contributed by atoms with Gasteiger partial charge in [0.1, 0.15) is 11.2 Å². The van der Waals surface area contributed by atoms with Crippen molar-refractivity contribution in [1.82, 2.24) is 10.2 Å². The molecule has 1 fully saturated rings. The summed E-state index contributed by atoms with van der Waals surface area (Å²) >= 11 is 3.21. The number of nitrogens with one attached hydrogen (secondary N) is 1. The number of carbonyl (C=O) groups excluding carboxylic acids is 1. The Balaban J connectivity index is 1.69. The van der Waals surface area contributed by atoms with E-state index in [9.17, 15) is 9.18 Å². The standard InChI is InChI=1S/C15H15FN2OS2/c16-13-6-2-1-5-12(13)14-18(7-9-21-14)15(19)17-10-11-4-3-8-20-11/h1-6,8,14H,7,9-10H2,(H,17,19)/t14-/m0/s1. The summed E-state index contributed by atoms with van der Waals surface area (Å²) in [5, 5.41) is 4.65. The lowest BCUT2D eigenvalue weighted by Crippen LogP contribution is -2.39. The summed E-state index contributed by atoms with van der Waals surface area (Å²) in [5.41, 5.74) is 0.575. The van der Waals surface area contributed by atoms with Crippen LogP contribution in [-0.4, -0.2) is 23.2 Å². The van der Waals surface area contributed by atoms with Gasteiger partial charge in [-0.1, -0.05) is 24.3 Å². The number of amides is 2. The molecule has 1 saturated heterocycles. The Bertz CT molecular complexity index is 618. The topological polar surface area (TPSA) is 32.3 Å². The number of hydrogen-bond donors (Lipinski definition) is 1. The van der Waals surface area contributed by atoms with Crippen LogP contribution in [0.5, 0.6) is 0 Å². The average molecular weight is 322 g/mol. The van der Waals surface area contributed by atoms with Crippen LogP contribution < -0.4 is 5.32 Å². The highest BCUT2D eigenvalue weighted by molar-refractivity contribution is 7.99. The lowest BCUT2D eigenvalue weighted by atomic mass is 10.2. The maximum atomic E-state index is 13.9. The first-order chi connectivity index (χ1) is 10.3. The van der Waals surface area contributed by atoms with E-state index < -0.39 is 0 Å². The predicted molar refractivity (Wildman–Crippen MR) is 84.9 cm³/mol. The zero-order valence-electron chi connectivity index (χ0n) is 11.3. The van der Waals surface area contributed by atoms with Gasteiger partial charge in [-0.25, -0.2) is 9.18 Å². The summed E-state index contributed by atoms with van der Waals surface area (Å²) in [7, 11) is 0. The molecule has 2 aromatic rings. The summed E-state index contributed by atoms with van der Waals surface area (Å²) in [5.74, 6) is 0.568. The van der Waals surface area contributed by atoms with Gasteiger partial charge in [-0.15, -0.1) is 23.1 Å². The molecule has 1 atom stereocenters. The third kappa shape index (κ3) is 3.22. The second-order valence-corrected chi connectivity index (χ2v) is 6.90. The smallest absolute Gasteiger partial charge is 0.318 e. The average Bonchev–Trinajstić information content (AvgIpc) is 3.16. The molecule has 0 aliphatic carbocycles. The molecule has 1 aliphatic heterocycles. The van der Waals surface area contributed by atoms with Crippen LogP contribution >= 0.6 is 23.1 Å². The minimum Gasteiger partial charge on any atom is -0.333 e. The molecule has 1 aliphatic rings. The van der Waals surface area contributed by atoms with Gasteiger partial charge in [0.15, 0.2) is 0 Å². The Kier molecular flexibility index (Phi) is 4.45. The number of halogens is 1. The zero-order valence-corrected chi connectivity index (χ0v) is 12.9. The lowest BCUT2D eigenvalue weighted by molar-refractivity contribution is 0.199. The molecule has 1 aromatic carbocycles. The summed E-state index contributed by atoms with van der Waals surface area (Å²) in [4.78, 5) is 15.1. The molecule has 1 N–H and O–H groups in total. The van der Waals surface area contributed by atoms with Crippen LogP contribution in [0, 0.1) is 5.82 Å². The molecule has 0 spiro atoms. The Hall–Kier alpha value is -1.53. The largest absolute Gasteiger partial charge is 0.333 e. The highest BCUT2D eigenvalue weighted by Gasteiger charge is 2.32. The number of hydrogen-bond acceptors (Lipinski definition) is 3. The number of rotatable bonds is 3. The van der Waals surface area contributed by atoms with Gasteiger partial charge in [-0.05, 0) is 17.5 Å².